The molecule has 1 aromatic carbocycles. The summed E-state index contributed by atoms with van der Waals surface area (Å²) in [7, 11) is 0. The van der Waals surface area contributed by atoms with Crippen LogP contribution in [-0.4, -0.2) is 5.51 Å². The minimum Gasteiger partial charge on any atom is -0.323 e. The van der Waals surface area contributed by atoms with Gasteiger partial charge in [-0.05, 0) is 23.1 Å². The van der Waals surface area contributed by atoms with Gasteiger partial charge in [0.25, 0.3) is 0 Å². The van der Waals surface area contributed by atoms with E-state index < -0.39 is 5.51 Å². The van der Waals surface area contributed by atoms with Gasteiger partial charge in [-0.1, -0.05) is 32.9 Å². The number of anilines is 1. The number of benzene rings is 1. The molecule has 0 amide bonds. The minimum atomic E-state index is -4.26. The molecule has 90 valence electrons. The summed E-state index contributed by atoms with van der Waals surface area (Å²) in [5.41, 5.74) is -2.70. The molecule has 0 fully saturated rings. The van der Waals surface area contributed by atoms with Crippen molar-refractivity contribution in [2.45, 2.75) is 31.7 Å². The maximum Gasteiger partial charge on any atom is 0.461 e. The normalized spacial score (nSPS) is 12.6. The smallest absolute Gasteiger partial charge is 0.323 e. The average Bonchev–Trinajstić information content (AvgIpc) is 2.13. The van der Waals surface area contributed by atoms with Gasteiger partial charge in [0.1, 0.15) is 0 Å². The Hall–Kier alpha value is -0.840. The third-order valence-corrected chi connectivity index (χ3v) is 2.60. The number of hydrogen-bond donors (Lipinski definition) is 1. The molecule has 0 bridgehead atoms. The van der Waals surface area contributed by atoms with Crippen LogP contribution in [0.5, 0.6) is 0 Å². The van der Waals surface area contributed by atoms with E-state index in [1.54, 1.807) is 12.1 Å². The fourth-order valence-corrected chi connectivity index (χ4v) is 1.52. The molecular weight excluding hydrogens is 235 g/mol. The average molecular weight is 249 g/mol. The van der Waals surface area contributed by atoms with Crippen LogP contribution >= 0.6 is 11.9 Å². The lowest BCUT2D eigenvalue weighted by Gasteiger charge is -2.19. The quantitative estimate of drug-likeness (QED) is 0.771. The molecule has 1 nitrogen and oxygen atoms in total. The van der Waals surface area contributed by atoms with Gasteiger partial charge in [0, 0.05) is 5.69 Å². The second-order valence-electron chi connectivity index (χ2n) is 4.48. The molecule has 16 heavy (non-hydrogen) atoms. The van der Waals surface area contributed by atoms with E-state index >= 15 is 0 Å². The molecule has 0 aliphatic heterocycles. The maximum atomic E-state index is 11.9. The first kappa shape index (κ1) is 13.2. The summed E-state index contributed by atoms with van der Waals surface area (Å²) in [5, 5.41) is 0. The van der Waals surface area contributed by atoms with Crippen molar-refractivity contribution in [3.05, 3.63) is 29.8 Å². The van der Waals surface area contributed by atoms with Crippen molar-refractivity contribution >= 4 is 17.6 Å². The largest absolute Gasteiger partial charge is 0.461 e. The lowest BCUT2D eigenvalue weighted by atomic mass is 9.87. The summed E-state index contributed by atoms with van der Waals surface area (Å²) in [6, 6.07) is 6.97. The van der Waals surface area contributed by atoms with Crippen LogP contribution < -0.4 is 4.72 Å². The first-order chi connectivity index (χ1) is 7.18. The van der Waals surface area contributed by atoms with Crippen LogP contribution in [0.1, 0.15) is 26.3 Å². The zero-order valence-electron chi connectivity index (χ0n) is 9.35. The van der Waals surface area contributed by atoms with Crippen LogP contribution in [0, 0.1) is 0 Å². The van der Waals surface area contributed by atoms with Gasteiger partial charge >= 0.3 is 5.51 Å². The Balaban J connectivity index is 2.66. The predicted molar refractivity (Wildman–Crippen MR) is 62.4 cm³/mol. The first-order valence-electron chi connectivity index (χ1n) is 4.80. The van der Waals surface area contributed by atoms with Crippen molar-refractivity contribution in [1.29, 1.82) is 0 Å². The maximum absolute atomic E-state index is 11.9. The van der Waals surface area contributed by atoms with Crippen LogP contribution in [0.15, 0.2) is 24.3 Å². The molecule has 0 unspecified atom stereocenters. The summed E-state index contributed by atoms with van der Waals surface area (Å²) in [5.74, 6) is 0. The molecule has 0 saturated heterocycles. The fourth-order valence-electron chi connectivity index (χ4n) is 1.16. The van der Waals surface area contributed by atoms with Crippen LogP contribution in [0.3, 0.4) is 0 Å². The Morgan fingerprint density at radius 1 is 1.00 bits per heavy atom. The molecule has 0 spiro atoms. The van der Waals surface area contributed by atoms with E-state index in [0.29, 0.717) is 5.69 Å². The van der Waals surface area contributed by atoms with Gasteiger partial charge in [-0.25, -0.2) is 0 Å². The molecule has 1 rings (SSSR count). The minimum absolute atomic E-state index is 0.00962. The third-order valence-electron chi connectivity index (χ3n) is 2.04. The van der Waals surface area contributed by atoms with E-state index in [1.165, 1.54) is 0 Å². The Bertz CT molecular complexity index is 338. The first-order valence-corrected chi connectivity index (χ1v) is 5.61. The molecule has 1 N–H and O–H groups in total. The Kier molecular flexibility index (Phi) is 3.78. The number of halogens is 3. The number of hydrogen-bond acceptors (Lipinski definition) is 2. The molecule has 5 heteroatoms. The van der Waals surface area contributed by atoms with Gasteiger partial charge in [0.2, 0.25) is 0 Å². The SMILES string of the molecule is CC(C)(C)c1ccc(NSC(F)(F)F)cc1. The molecule has 0 aliphatic carbocycles. The van der Waals surface area contributed by atoms with Gasteiger partial charge in [-0.3, -0.25) is 0 Å². The molecule has 0 aliphatic rings. The van der Waals surface area contributed by atoms with E-state index in [1.807, 2.05) is 12.1 Å². The van der Waals surface area contributed by atoms with Crippen molar-refractivity contribution in [2.75, 3.05) is 4.72 Å². The zero-order chi connectivity index (χ0) is 12.4. The number of nitrogens with one attached hydrogen (secondary N) is 1. The predicted octanol–water partition coefficient (Wildman–Crippen LogP) is 4.56. The van der Waals surface area contributed by atoms with E-state index in [9.17, 15) is 13.2 Å². The van der Waals surface area contributed by atoms with E-state index in [-0.39, 0.29) is 17.4 Å². The van der Waals surface area contributed by atoms with Crippen molar-refractivity contribution in [3.8, 4) is 0 Å². The van der Waals surface area contributed by atoms with Crippen molar-refractivity contribution in [3.63, 3.8) is 0 Å². The summed E-state index contributed by atoms with van der Waals surface area (Å²) >= 11 is -0.250. The van der Waals surface area contributed by atoms with Crippen LogP contribution in [0.25, 0.3) is 0 Å². The molecule has 0 saturated carbocycles. The highest BCUT2D eigenvalue weighted by atomic mass is 32.2. The zero-order valence-corrected chi connectivity index (χ0v) is 10.2. The van der Waals surface area contributed by atoms with E-state index in [4.69, 9.17) is 0 Å². The lowest BCUT2D eigenvalue weighted by molar-refractivity contribution is -0.0323. The summed E-state index contributed by atoms with van der Waals surface area (Å²) < 4.78 is 38.0. The summed E-state index contributed by atoms with van der Waals surface area (Å²) in [4.78, 5) is 0. The van der Waals surface area contributed by atoms with Gasteiger partial charge < -0.3 is 4.72 Å². The van der Waals surface area contributed by atoms with Crippen LogP contribution in [0.2, 0.25) is 0 Å². The molecule has 0 atom stereocenters. The molecule has 1 aromatic rings. The van der Waals surface area contributed by atoms with Crippen molar-refractivity contribution in [2.24, 2.45) is 0 Å². The lowest BCUT2D eigenvalue weighted by Crippen LogP contribution is -2.10. The van der Waals surface area contributed by atoms with E-state index in [0.717, 1.165) is 5.56 Å². The second-order valence-corrected chi connectivity index (χ2v) is 5.35. The highest BCUT2D eigenvalue weighted by Crippen LogP contribution is 2.31. The highest BCUT2D eigenvalue weighted by Gasteiger charge is 2.28. The fraction of sp³-hybridized carbons (Fsp3) is 0.455. The van der Waals surface area contributed by atoms with Crippen molar-refractivity contribution in [1.82, 2.24) is 0 Å². The highest BCUT2D eigenvalue weighted by molar-refractivity contribution is 8.01. The molecule has 0 aromatic heterocycles. The monoisotopic (exact) mass is 249 g/mol. The molecule has 0 radical (unpaired) electrons. The van der Waals surface area contributed by atoms with Gasteiger partial charge in [0.15, 0.2) is 0 Å². The summed E-state index contributed by atoms with van der Waals surface area (Å²) in [6.07, 6.45) is 0. The van der Waals surface area contributed by atoms with Crippen LogP contribution in [0.4, 0.5) is 18.9 Å². The third kappa shape index (κ3) is 4.35. The van der Waals surface area contributed by atoms with Crippen LogP contribution in [-0.2, 0) is 5.41 Å². The Morgan fingerprint density at radius 3 is 1.88 bits per heavy atom. The Morgan fingerprint density at radius 2 is 1.50 bits per heavy atom. The topological polar surface area (TPSA) is 12.0 Å². The molecular formula is C11H14F3NS. The van der Waals surface area contributed by atoms with Crippen molar-refractivity contribution < 1.29 is 13.2 Å². The summed E-state index contributed by atoms with van der Waals surface area (Å²) in [6.45, 7) is 6.17. The standard InChI is InChI=1S/C11H14F3NS/c1-10(2,3)8-4-6-9(7-5-8)15-16-11(12,13)14/h4-7,15H,1-3H3. The second kappa shape index (κ2) is 4.57. The molecule has 0 heterocycles. The van der Waals surface area contributed by atoms with Gasteiger partial charge in [-0.15, -0.1) is 0 Å². The number of alkyl halides is 3. The Labute approximate surface area is 97.6 Å². The van der Waals surface area contributed by atoms with Gasteiger partial charge in [-0.2, -0.15) is 13.2 Å². The van der Waals surface area contributed by atoms with Gasteiger partial charge in [0.05, 0.1) is 11.9 Å². The van der Waals surface area contributed by atoms with E-state index in [2.05, 4.69) is 25.5 Å². The number of rotatable bonds is 2.